The van der Waals surface area contributed by atoms with Crippen molar-refractivity contribution in [2.24, 2.45) is 0 Å². The van der Waals surface area contributed by atoms with Gasteiger partial charge in [-0.05, 0) is 69.7 Å². The Bertz CT molecular complexity index is 424. The van der Waals surface area contributed by atoms with E-state index in [-0.39, 0.29) is 11.0 Å². The van der Waals surface area contributed by atoms with Gasteiger partial charge in [-0.1, -0.05) is 26.0 Å². The first-order valence-electron chi connectivity index (χ1n) is 7.78. The van der Waals surface area contributed by atoms with E-state index in [1.54, 1.807) is 0 Å². The number of rotatable bonds is 6. The minimum atomic E-state index is 0.191. The van der Waals surface area contributed by atoms with Crippen LogP contribution in [-0.4, -0.2) is 18.2 Å². The van der Waals surface area contributed by atoms with Crippen LogP contribution >= 0.6 is 0 Å². The molecule has 2 heteroatoms. The Balaban J connectivity index is 1.90. The van der Waals surface area contributed by atoms with Crippen LogP contribution in [0.1, 0.15) is 59.4 Å². The fourth-order valence-corrected chi connectivity index (χ4v) is 2.26. The molecule has 112 valence electrons. The maximum atomic E-state index is 5.81. The van der Waals surface area contributed by atoms with Gasteiger partial charge in [-0.25, -0.2) is 0 Å². The molecule has 1 aromatic rings. The lowest BCUT2D eigenvalue weighted by Crippen LogP contribution is -2.38. The molecule has 0 saturated heterocycles. The Hall–Kier alpha value is -1.02. The third kappa shape index (κ3) is 4.82. The summed E-state index contributed by atoms with van der Waals surface area (Å²) in [6, 6.07) is 8.67. The van der Waals surface area contributed by atoms with Crippen molar-refractivity contribution >= 4 is 0 Å². The van der Waals surface area contributed by atoms with Gasteiger partial charge in [-0.15, -0.1) is 0 Å². The fraction of sp³-hybridized carbons (Fsp3) is 0.667. The van der Waals surface area contributed by atoms with Crippen molar-refractivity contribution in [3.8, 4) is 5.75 Å². The second-order valence-electron chi connectivity index (χ2n) is 7.65. The number of hydrogen-bond donors (Lipinski definition) is 1. The van der Waals surface area contributed by atoms with E-state index in [1.165, 1.54) is 18.4 Å². The van der Waals surface area contributed by atoms with Crippen molar-refractivity contribution < 1.29 is 4.74 Å². The third-order valence-corrected chi connectivity index (χ3v) is 3.87. The smallest absolute Gasteiger partial charge is 0.119 e. The SMILES string of the molecule is CC(C)(C)NCCC(C)(C)c1ccc(OC2CC2)cc1. The van der Waals surface area contributed by atoms with Crippen LogP contribution in [0.3, 0.4) is 0 Å². The van der Waals surface area contributed by atoms with Crippen molar-refractivity contribution in [1.29, 1.82) is 0 Å². The van der Waals surface area contributed by atoms with Crippen LogP contribution in [0.2, 0.25) is 0 Å². The summed E-state index contributed by atoms with van der Waals surface area (Å²) in [5, 5.41) is 3.57. The summed E-state index contributed by atoms with van der Waals surface area (Å²) in [7, 11) is 0. The first kappa shape index (κ1) is 15.4. The predicted molar refractivity (Wildman–Crippen MR) is 85.5 cm³/mol. The zero-order valence-electron chi connectivity index (χ0n) is 13.6. The zero-order chi connectivity index (χ0) is 14.8. The van der Waals surface area contributed by atoms with Crippen LogP contribution in [0.15, 0.2) is 24.3 Å². The fourth-order valence-electron chi connectivity index (χ4n) is 2.26. The molecule has 0 spiro atoms. The van der Waals surface area contributed by atoms with Gasteiger partial charge >= 0.3 is 0 Å². The van der Waals surface area contributed by atoms with Gasteiger partial charge in [-0.2, -0.15) is 0 Å². The van der Waals surface area contributed by atoms with Crippen LogP contribution in [-0.2, 0) is 5.41 Å². The van der Waals surface area contributed by atoms with Gasteiger partial charge in [0.15, 0.2) is 0 Å². The molecule has 1 aliphatic rings. The van der Waals surface area contributed by atoms with Crippen molar-refractivity contribution in [2.75, 3.05) is 6.54 Å². The van der Waals surface area contributed by atoms with Crippen LogP contribution in [0.25, 0.3) is 0 Å². The van der Waals surface area contributed by atoms with E-state index in [9.17, 15) is 0 Å². The van der Waals surface area contributed by atoms with Crippen molar-refractivity contribution in [3.05, 3.63) is 29.8 Å². The molecule has 1 N–H and O–H groups in total. The molecular weight excluding hydrogens is 246 g/mol. The summed E-state index contributed by atoms with van der Waals surface area (Å²) in [5.74, 6) is 1.01. The second-order valence-corrected chi connectivity index (χ2v) is 7.65. The lowest BCUT2D eigenvalue weighted by molar-refractivity contribution is 0.303. The molecular formula is C18H29NO. The van der Waals surface area contributed by atoms with Gasteiger partial charge in [0.1, 0.15) is 5.75 Å². The average Bonchev–Trinajstić information content (AvgIpc) is 3.11. The summed E-state index contributed by atoms with van der Waals surface area (Å²) >= 11 is 0. The molecule has 0 bridgehead atoms. The summed E-state index contributed by atoms with van der Waals surface area (Å²) < 4.78 is 5.81. The van der Waals surface area contributed by atoms with E-state index in [1.807, 2.05) is 0 Å². The minimum Gasteiger partial charge on any atom is -0.490 e. The molecule has 2 rings (SSSR count). The number of ether oxygens (including phenoxy) is 1. The largest absolute Gasteiger partial charge is 0.490 e. The standard InChI is InChI=1S/C18H29NO/c1-17(2,3)19-13-12-18(4,5)14-6-8-15(9-7-14)20-16-10-11-16/h6-9,16,19H,10-13H2,1-5H3. The average molecular weight is 275 g/mol. The highest BCUT2D eigenvalue weighted by Crippen LogP contribution is 2.31. The topological polar surface area (TPSA) is 21.3 Å². The highest BCUT2D eigenvalue weighted by molar-refractivity contribution is 5.32. The highest BCUT2D eigenvalue weighted by Gasteiger charge is 2.24. The molecule has 0 heterocycles. The van der Waals surface area contributed by atoms with Gasteiger partial charge in [0, 0.05) is 5.54 Å². The second kappa shape index (κ2) is 5.77. The lowest BCUT2D eigenvalue weighted by atomic mass is 9.81. The Labute approximate surface area is 123 Å². The maximum absolute atomic E-state index is 5.81. The molecule has 2 nitrogen and oxygen atoms in total. The van der Waals surface area contributed by atoms with Gasteiger partial charge in [0.05, 0.1) is 6.10 Å². The Morgan fingerprint density at radius 3 is 2.15 bits per heavy atom. The first-order chi connectivity index (χ1) is 9.26. The molecule has 20 heavy (non-hydrogen) atoms. The third-order valence-electron chi connectivity index (χ3n) is 3.87. The number of benzene rings is 1. The van der Waals surface area contributed by atoms with Gasteiger partial charge < -0.3 is 10.1 Å². The first-order valence-corrected chi connectivity index (χ1v) is 7.78. The molecule has 1 fully saturated rings. The van der Waals surface area contributed by atoms with E-state index < -0.39 is 0 Å². The summed E-state index contributed by atoms with van der Waals surface area (Å²) in [5.41, 5.74) is 1.77. The molecule has 0 atom stereocenters. The molecule has 0 aromatic heterocycles. The van der Waals surface area contributed by atoms with Crippen LogP contribution < -0.4 is 10.1 Å². The van der Waals surface area contributed by atoms with E-state index >= 15 is 0 Å². The molecule has 0 radical (unpaired) electrons. The van der Waals surface area contributed by atoms with Gasteiger partial charge in [0.25, 0.3) is 0 Å². The quantitative estimate of drug-likeness (QED) is 0.836. The normalized spacial score (nSPS) is 16.2. The highest BCUT2D eigenvalue weighted by atomic mass is 16.5. The van der Waals surface area contributed by atoms with Gasteiger partial charge in [-0.3, -0.25) is 0 Å². The monoisotopic (exact) mass is 275 g/mol. The van der Waals surface area contributed by atoms with E-state index in [4.69, 9.17) is 4.74 Å². The minimum absolute atomic E-state index is 0.191. The van der Waals surface area contributed by atoms with Crippen LogP contribution in [0, 0.1) is 0 Å². The Kier molecular flexibility index (Phi) is 4.43. The summed E-state index contributed by atoms with van der Waals surface area (Å²) in [4.78, 5) is 0. The van der Waals surface area contributed by atoms with Crippen molar-refractivity contribution in [1.82, 2.24) is 5.32 Å². The zero-order valence-corrected chi connectivity index (χ0v) is 13.6. The van der Waals surface area contributed by atoms with E-state index in [2.05, 4.69) is 64.2 Å². The molecule has 1 aromatic carbocycles. The van der Waals surface area contributed by atoms with Crippen molar-refractivity contribution in [3.63, 3.8) is 0 Å². The van der Waals surface area contributed by atoms with E-state index in [0.29, 0.717) is 6.10 Å². The molecule has 1 aliphatic carbocycles. The summed E-state index contributed by atoms with van der Waals surface area (Å²) in [6.07, 6.45) is 4.04. The number of hydrogen-bond acceptors (Lipinski definition) is 2. The number of nitrogens with one attached hydrogen (secondary N) is 1. The van der Waals surface area contributed by atoms with Gasteiger partial charge in [0.2, 0.25) is 0 Å². The molecule has 1 saturated carbocycles. The molecule has 0 amide bonds. The lowest BCUT2D eigenvalue weighted by Gasteiger charge is -2.28. The summed E-state index contributed by atoms with van der Waals surface area (Å²) in [6.45, 7) is 12.3. The molecule has 0 unspecified atom stereocenters. The van der Waals surface area contributed by atoms with Crippen LogP contribution in [0.5, 0.6) is 5.75 Å². The molecule has 0 aliphatic heterocycles. The van der Waals surface area contributed by atoms with Crippen molar-refractivity contribution in [2.45, 2.75) is 70.9 Å². The maximum Gasteiger partial charge on any atom is 0.119 e. The predicted octanol–water partition coefficient (Wildman–Crippen LogP) is 4.28. The van der Waals surface area contributed by atoms with Crippen LogP contribution in [0.4, 0.5) is 0 Å². The Morgan fingerprint density at radius 2 is 1.65 bits per heavy atom. The van der Waals surface area contributed by atoms with E-state index in [0.717, 1.165) is 18.7 Å². The Morgan fingerprint density at radius 1 is 1.05 bits per heavy atom.